The molecule has 64 valence electrons. The molecule has 1 aromatic heterocycles. The molecular formula is C7H9N3O2. The monoisotopic (exact) mass is 167 g/mol. The average Bonchev–Trinajstić information content (AvgIpc) is 2.52. The quantitative estimate of drug-likeness (QED) is 0.476. The van der Waals surface area contributed by atoms with Gasteiger partial charge in [0.05, 0.1) is 13.3 Å². The van der Waals surface area contributed by atoms with Crippen LogP contribution in [-0.4, -0.2) is 29.2 Å². The van der Waals surface area contributed by atoms with Crippen LogP contribution in [0.4, 0.5) is 0 Å². The van der Waals surface area contributed by atoms with Gasteiger partial charge in [0.15, 0.2) is 5.69 Å². The highest BCUT2D eigenvalue weighted by atomic mass is 16.5. The number of ether oxygens (including phenoxy) is 1. The summed E-state index contributed by atoms with van der Waals surface area (Å²) in [6.07, 6.45) is 3.03. The SMILES string of the molecule is C/C=N\n1nccc1C(=O)OC. The molecular weight excluding hydrogens is 158 g/mol. The van der Waals surface area contributed by atoms with Gasteiger partial charge < -0.3 is 4.74 Å². The van der Waals surface area contributed by atoms with Gasteiger partial charge in [0.2, 0.25) is 0 Å². The Morgan fingerprint density at radius 3 is 3.17 bits per heavy atom. The minimum atomic E-state index is -0.446. The van der Waals surface area contributed by atoms with E-state index >= 15 is 0 Å². The van der Waals surface area contributed by atoms with Crippen LogP contribution in [0.2, 0.25) is 0 Å². The highest BCUT2D eigenvalue weighted by Gasteiger charge is 2.10. The molecule has 12 heavy (non-hydrogen) atoms. The van der Waals surface area contributed by atoms with Crippen molar-refractivity contribution in [2.45, 2.75) is 6.92 Å². The van der Waals surface area contributed by atoms with Gasteiger partial charge in [0.1, 0.15) is 0 Å². The van der Waals surface area contributed by atoms with E-state index in [9.17, 15) is 4.79 Å². The van der Waals surface area contributed by atoms with Crippen molar-refractivity contribution in [2.24, 2.45) is 5.10 Å². The van der Waals surface area contributed by atoms with Crippen LogP contribution < -0.4 is 0 Å². The number of nitrogens with zero attached hydrogens (tertiary/aromatic N) is 3. The molecule has 0 N–H and O–H groups in total. The number of carbonyl (C=O) groups excluding carboxylic acids is 1. The predicted molar refractivity (Wildman–Crippen MR) is 43.1 cm³/mol. The van der Waals surface area contributed by atoms with E-state index in [0.29, 0.717) is 5.69 Å². The van der Waals surface area contributed by atoms with E-state index in [1.807, 2.05) is 0 Å². The summed E-state index contributed by atoms with van der Waals surface area (Å²) in [4.78, 5) is 12.2. The van der Waals surface area contributed by atoms with E-state index in [1.54, 1.807) is 19.2 Å². The molecule has 0 aliphatic carbocycles. The average molecular weight is 167 g/mol. The van der Waals surface area contributed by atoms with Gasteiger partial charge in [-0.2, -0.15) is 10.2 Å². The number of carbonyl (C=O) groups is 1. The third-order valence-electron chi connectivity index (χ3n) is 1.24. The molecule has 5 nitrogen and oxygen atoms in total. The van der Waals surface area contributed by atoms with Crippen molar-refractivity contribution < 1.29 is 9.53 Å². The fourth-order valence-electron chi connectivity index (χ4n) is 0.752. The molecule has 0 saturated heterocycles. The van der Waals surface area contributed by atoms with Crippen LogP contribution in [0.3, 0.4) is 0 Å². The van der Waals surface area contributed by atoms with Crippen LogP contribution in [0.15, 0.2) is 17.4 Å². The number of rotatable bonds is 2. The maximum absolute atomic E-state index is 11.0. The third kappa shape index (κ3) is 1.50. The number of hydrogen-bond donors (Lipinski definition) is 0. The number of hydrogen-bond acceptors (Lipinski definition) is 4. The van der Waals surface area contributed by atoms with Crippen molar-refractivity contribution in [1.29, 1.82) is 0 Å². The highest BCUT2D eigenvalue weighted by molar-refractivity contribution is 5.87. The Morgan fingerprint density at radius 1 is 1.83 bits per heavy atom. The van der Waals surface area contributed by atoms with Gasteiger partial charge in [-0.25, -0.2) is 4.79 Å². The lowest BCUT2D eigenvalue weighted by molar-refractivity contribution is 0.0588. The zero-order valence-corrected chi connectivity index (χ0v) is 6.89. The van der Waals surface area contributed by atoms with Gasteiger partial charge in [-0.1, -0.05) is 0 Å². The first-order valence-corrected chi connectivity index (χ1v) is 3.41. The van der Waals surface area contributed by atoms with Crippen molar-refractivity contribution in [1.82, 2.24) is 9.89 Å². The summed E-state index contributed by atoms with van der Waals surface area (Å²) in [5.74, 6) is -0.446. The molecule has 0 aliphatic heterocycles. The Kier molecular flexibility index (Phi) is 2.57. The normalized spacial score (nSPS) is 10.5. The van der Waals surface area contributed by atoms with E-state index < -0.39 is 5.97 Å². The second kappa shape index (κ2) is 3.66. The molecule has 0 spiro atoms. The second-order valence-electron chi connectivity index (χ2n) is 1.97. The first-order valence-electron chi connectivity index (χ1n) is 3.41. The topological polar surface area (TPSA) is 56.5 Å². The first-order chi connectivity index (χ1) is 5.79. The zero-order chi connectivity index (χ0) is 8.97. The van der Waals surface area contributed by atoms with Gasteiger partial charge in [0.25, 0.3) is 0 Å². The lowest BCUT2D eigenvalue weighted by atomic mass is 10.4. The predicted octanol–water partition coefficient (Wildman–Crippen LogP) is 0.523. The molecule has 0 aliphatic rings. The Bertz CT molecular complexity index is 303. The van der Waals surface area contributed by atoms with E-state index in [1.165, 1.54) is 18.1 Å². The Labute approximate surface area is 69.6 Å². The molecule has 0 fully saturated rings. The van der Waals surface area contributed by atoms with Crippen molar-refractivity contribution in [3.8, 4) is 0 Å². The van der Waals surface area contributed by atoms with E-state index in [0.717, 1.165) is 0 Å². The van der Waals surface area contributed by atoms with Crippen LogP contribution in [0.1, 0.15) is 17.4 Å². The van der Waals surface area contributed by atoms with Crippen LogP contribution in [0, 0.1) is 0 Å². The molecule has 0 bridgehead atoms. The van der Waals surface area contributed by atoms with Crippen LogP contribution in [-0.2, 0) is 4.74 Å². The molecule has 0 amide bonds. The minimum absolute atomic E-state index is 0.315. The summed E-state index contributed by atoms with van der Waals surface area (Å²) < 4.78 is 4.51. The maximum atomic E-state index is 11.0. The smallest absolute Gasteiger partial charge is 0.358 e. The Balaban J connectivity index is 2.98. The van der Waals surface area contributed by atoms with E-state index in [-0.39, 0.29) is 0 Å². The maximum Gasteiger partial charge on any atom is 0.358 e. The molecule has 1 aromatic rings. The Morgan fingerprint density at radius 2 is 2.58 bits per heavy atom. The number of methoxy groups -OCH3 is 1. The van der Waals surface area contributed by atoms with Gasteiger partial charge in [0, 0.05) is 6.21 Å². The van der Waals surface area contributed by atoms with Crippen LogP contribution >= 0.6 is 0 Å². The molecule has 0 radical (unpaired) electrons. The summed E-state index contributed by atoms with van der Waals surface area (Å²) >= 11 is 0. The standard InChI is InChI=1S/C7H9N3O2/c1-3-8-10-6(4-5-9-10)7(11)12-2/h3-5H,1-2H3/b8-3-. The summed E-state index contributed by atoms with van der Waals surface area (Å²) in [5, 5.41) is 7.61. The summed E-state index contributed by atoms with van der Waals surface area (Å²) in [6.45, 7) is 1.74. The summed E-state index contributed by atoms with van der Waals surface area (Å²) in [6, 6.07) is 1.54. The molecule has 0 unspecified atom stereocenters. The van der Waals surface area contributed by atoms with Gasteiger partial charge in [-0.15, -0.1) is 4.79 Å². The van der Waals surface area contributed by atoms with Crippen LogP contribution in [0.25, 0.3) is 0 Å². The van der Waals surface area contributed by atoms with E-state index in [2.05, 4.69) is 14.9 Å². The minimum Gasteiger partial charge on any atom is -0.464 e. The summed E-state index contributed by atoms with van der Waals surface area (Å²) in [7, 11) is 1.31. The molecule has 1 rings (SSSR count). The molecule has 0 aromatic carbocycles. The zero-order valence-electron chi connectivity index (χ0n) is 6.89. The fourth-order valence-corrected chi connectivity index (χ4v) is 0.752. The van der Waals surface area contributed by atoms with Gasteiger partial charge >= 0.3 is 5.97 Å². The van der Waals surface area contributed by atoms with Crippen molar-refractivity contribution in [3.63, 3.8) is 0 Å². The molecule has 5 heteroatoms. The van der Waals surface area contributed by atoms with Gasteiger partial charge in [-0.05, 0) is 13.0 Å². The summed E-state index contributed by atoms with van der Waals surface area (Å²) in [5.41, 5.74) is 0.315. The van der Waals surface area contributed by atoms with E-state index in [4.69, 9.17) is 0 Å². The second-order valence-corrected chi connectivity index (χ2v) is 1.97. The van der Waals surface area contributed by atoms with Crippen molar-refractivity contribution in [2.75, 3.05) is 7.11 Å². The number of esters is 1. The lowest BCUT2D eigenvalue weighted by Crippen LogP contribution is -2.08. The van der Waals surface area contributed by atoms with Crippen LogP contribution in [0.5, 0.6) is 0 Å². The molecule has 0 saturated carbocycles. The lowest BCUT2D eigenvalue weighted by Gasteiger charge is -1.97. The fraction of sp³-hybridized carbons (Fsp3) is 0.286. The highest BCUT2D eigenvalue weighted by Crippen LogP contribution is 1.99. The number of aromatic nitrogens is 2. The van der Waals surface area contributed by atoms with Crippen molar-refractivity contribution in [3.05, 3.63) is 18.0 Å². The Hall–Kier alpha value is -1.65. The largest absolute Gasteiger partial charge is 0.464 e. The first kappa shape index (κ1) is 8.45. The van der Waals surface area contributed by atoms with Crippen molar-refractivity contribution >= 4 is 12.2 Å². The molecule has 1 heterocycles. The third-order valence-corrected chi connectivity index (χ3v) is 1.24. The molecule has 0 atom stereocenters. The van der Waals surface area contributed by atoms with Gasteiger partial charge in [-0.3, -0.25) is 0 Å².